The molecule has 8 heteroatoms. The van der Waals surface area contributed by atoms with Gasteiger partial charge in [0.05, 0.1) is 9.82 Å². The number of ketones is 1. The lowest BCUT2D eigenvalue weighted by molar-refractivity contribution is -0.384. The maximum Gasteiger partial charge on any atom is 0.269 e. The monoisotopic (exact) mass is 256 g/mol. The van der Waals surface area contributed by atoms with Crippen molar-refractivity contribution in [2.75, 3.05) is 0 Å². The van der Waals surface area contributed by atoms with Crippen LogP contribution in [0.3, 0.4) is 0 Å². The van der Waals surface area contributed by atoms with Crippen molar-refractivity contribution in [1.29, 1.82) is 5.41 Å². The Labute approximate surface area is 96.7 Å². The van der Waals surface area contributed by atoms with Crippen molar-refractivity contribution in [3.05, 3.63) is 34.4 Å². The van der Waals surface area contributed by atoms with Crippen LogP contribution in [0.5, 0.6) is 0 Å². The molecular weight excluding hydrogens is 248 g/mol. The third kappa shape index (κ3) is 2.53. The molecule has 1 N–H and O–H groups in total. The lowest BCUT2D eigenvalue weighted by Gasteiger charge is -2.02. The lowest BCUT2D eigenvalue weighted by atomic mass is 10.3. The van der Waals surface area contributed by atoms with E-state index in [9.17, 15) is 23.3 Å². The summed E-state index contributed by atoms with van der Waals surface area (Å²) >= 11 is 0. The number of hydrogen-bond donors (Lipinski definition) is 1. The average molecular weight is 256 g/mol. The standard InChI is InChI=1S/C9H8N2O5S/c1-6(12)9(10)17(15,16)8-4-2-7(3-5-8)11(13)14/h2-5,10H,1H3. The summed E-state index contributed by atoms with van der Waals surface area (Å²) in [6.07, 6.45) is 0. The first-order valence-corrected chi connectivity index (χ1v) is 5.84. The van der Waals surface area contributed by atoms with Crippen LogP contribution in [0, 0.1) is 15.5 Å². The van der Waals surface area contributed by atoms with E-state index in [4.69, 9.17) is 5.41 Å². The van der Waals surface area contributed by atoms with Gasteiger partial charge in [-0.1, -0.05) is 0 Å². The highest BCUT2D eigenvalue weighted by Crippen LogP contribution is 2.17. The van der Waals surface area contributed by atoms with Gasteiger partial charge in [-0.3, -0.25) is 20.3 Å². The number of nitro groups is 1. The second kappa shape index (κ2) is 4.42. The van der Waals surface area contributed by atoms with Crippen LogP contribution in [0.25, 0.3) is 0 Å². The zero-order chi connectivity index (χ0) is 13.2. The Morgan fingerprint density at radius 2 is 1.76 bits per heavy atom. The molecule has 0 fully saturated rings. The van der Waals surface area contributed by atoms with Gasteiger partial charge in [0.15, 0.2) is 10.8 Å². The van der Waals surface area contributed by atoms with Crippen LogP contribution in [0.15, 0.2) is 29.2 Å². The first-order chi connectivity index (χ1) is 7.76. The Morgan fingerprint density at radius 3 is 2.12 bits per heavy atom. The highest BCUT2D eigenvalue weighted by atomic mass is 32.2. The zero-order valence-corrected chi connectivity index (χ0v) is 9.52. The summed E-state index contributed by atoms with van der Waals surface area (Å²) in [6.45, 7) is 0.964. The number of nitrogens with zero attached hydrogens (tertiary/aromatic N) is 1. The Balaban J connectivity index is 3.22. The van der Waals surface area contributed by atoms with Crippen LogP contribution in [0.2, 0.25) is 0 Å². The van der Waals surface area contributed by atoms with Crippen LogP contribution in [0.1, 0.15) is 6.92 Å². The Morgan fingerprint density at radius 1 is 1.29 bits per heavy atom. The molecular formula is C9H8N2O5S. The van der Waals surface area contributed by atoms with Crippen molar-refractivity contribution in [2.45, 2.75) is 11.8 Å². The minimum Gasteiger partial charge on any atom is -0.292 e. The molecule has 1 aromatic carbocycles. The van der Waals surface area contributed by atoms with E-state index < -0.39 is 25.6 Å². The van der Waals surface area contributed by atoms with E-state index in [0.717, 1.165) is 31.2 Å². The predicted molar refractivity (Wildman–Crippen MR) is 58.7 cm³/mol. The molecule has 0 radical (unpaired) electrons. The van der Waals surface area contributed by atoms with Crippen molar-refractivity contribution in [1.82, 2.24) is 0 Å². The molecule has 0 heterocycles. The van der Waals surface area contributed by atoms with Crippen molar-refractivity contribution in [2.24, 2.45) is 0 Å². The second-order valence-corrected chi connectivity index (χ2v) is 5.03. The molecule has 0 aliphatic heterocycles. The molecule has 0 spiro atoms. The van der Waals surface area contributed by atoms with E-state index in [1.54, 1.807) is 0 Å². The van der Waals surface area contributed by atoms with Gasteiger partial charge in [-0.2, -0.15) is 0 Å². The highest BCUT2D eigenvalue weighted by Gasteiger charge is 2.24. The summed E-state index contributed by atoms with van der Waals surface area (Å²) in [5.74, 6) is -0.886. The van der Waals surface area contributed by atoms with Crippen molar-refractivity contribution < 1.29 is 18.1 Å². The van der Waals surface area contributed by atoms with Crippen LogP contribution < -0.4 is 0 Å². The normalized spacial score (nSPS) is 10.9. The van der Waals surface area contributed by atoms with Crippen molar-refractivity contribution >= 4 is 26.4 Å². The molecule has 0 bridgehead atoms. The number of benzene rings is 1. The molecule has 0 saturated heterocycles. The van der Waals surface area contributed by atoms with E-state index in [1.807, 2.05) is 0 Å². The number of carbonyl (C=O) groups excluding carboxylic acids is 1. The summed E-state index contributed by atoms with van der Waals surface area (Å²) in [6, 6.07) is 3.98. The van der Waals surface area contributed by atoms with Crippen molar-refractivity contribution in [3.63, 3.8) is 0 Å². The third-order valence-corrected chi connectivity index (χ3v) is 3.66. The van der Waals surface area contributed by atoms with Gasteiger partial charge in [0.25, 0.3) is 5.69 Å². The van der Waals surface area contributed by atoms with E-state index in [-0.39, 0.29) is 10.6 Å². The Hall–Kier alpha value is -2.09. The summed E-state index contributed by atoms with van der Waals surface area (Å²) in [4.78, 5) is 20.2. The molecule has 1 rings (SSSR count). The van der Waals surface area contributed by atoms with Crippen LogP contribution in [-0.2, 0) is 14.6 Å². The van der Waals surface area contributed by atoms with Gasteiger partial charge in [0.1, 0.15) is 0 Å². The van der Waals surface area contributed by atoms with Crippen molar-refractivity contribution in [3.8, 4) is 0 Å². The van der Waals surface area contributed by atoms with Gasteiger partial charge in [-0.15, -0.1) is 0 Å². The van der Waals surface area contributed by atoms with Gasteiger partial charge < -0.3 is 0 Å². The third-order valence-electron chi connectivity index (χ3n) is 1.95. The molecule has 17 heavy (non-hydrogen) atoms. The molecule has 0 aliphatic rings. The SMILES string of the molecule is CC(=O)C(=N)S(=O)(=O)c1ccc([N+](=O)[O-])cc1. The number of nitro benzene ring substituents is 1. The summed E-state index contributed by atoms with van der Waals surface area (Å²) < 4.78 is 23.3. The first-order valence-electron chi connectivity index (χ1n) is 4.36. The quantitative estimate of drug-likeness (QED) is 0.373. The zero-order valence-electron chi connectivity index (χ0n) is 8.71. The van der Waals surface area contributed by atoms with Crippen LogP contribution in [0.4, 0.5) is 5.69 Å². The maximum absolute atomic E-state index is 11.6. The topological polar surface area (TPSA) is 118 Å². The molecule has 0 amide bonds. The first kappa shape index (κ1) is 13.0. The number of Topliss-reactive ketones (excluding diaryl/α,β-unsaturated/α-hetero) is 1. The smallest absolute Gasteiger partial charge is 0.269 e. The molecule has 0 saturated carbocycles. The fourth-order valence-corrected chi connectivity index (χ4v) is 2.16. The van der Waals surface area contributed by atoms with E-state index >= 15 is 0 Å². The summed E-state index contributed by atoms with van der Waals surface area (Å²) in [5, 5.41) is 16.5. The van der Waals surface area contributed by atoms with Gasteiger partial charge in [0.2, 0.25) is 9.84 Å². The number of rotatable bonds is 3. The number of non-ortho nitro benzene ring substituents is 1. The second-order valence-electron chi connectivity index (χ2n) is 3.14. The number of sulfone groups is 1. The van der Waals surface area contributed by atoms with E-state index in [0.29, 0.717) is 0 Å². The predicted octanol–water partition coefficient (Wildman–Crippen LogP) is 0.935. The maximum atomic E-state index is 11.6. The molecule has 0 aliphatic carbocycles. The number of hydrogen-bond acceptors (Lipinski definition) is 6. The molecule has 1 aromatic rings. The van der Waals surface area contributed by atoms with Gasteiger partial charge in [-0.25, -0.2) is 8.42 Å². The van der Waals surface area contributed by atoms with Gasteiger partial charge >= 0.3 is 0 Å². The fourth-order valence-electron chi connectivity index (χ4n) is 1.05. The molecule has 0 aromatic heterocycles. The number of carbonyl (C=O) groups is 1. The minimum atomic E-state index is -4.17. The molecule has 0 atom stereocenters. The molecule has 90 valence electrons. The van der Waals surface area contributed by atoms with E-state index in [1.165, 1.54) is 0 Å². The van der Waals surface area contributed by atoms with Gasteiger partial charge in [-0.05, 0) is 12.1 Å². The highest BCUT2D eigenvalue weighted by molar-refractivity contribution is 8.08. The van der Waals surface area contributed by atoms with Gasteiger partial charge in [0, 0.05) is 19.1 Å². The Bertz CT molecular complexity index is 588. The fraction of sp³-hybridized carbons (Fsp3) is 0.111. The summed E-state index contributed by atoms with van der Waals surface area (Å²) in [5.41, 5.74) is -0.265. The number of nitrogens with one attached hydrogen (secondary N) is 1. The summed E-state index contributed by atoms with van der Waals surface area (Å²) in [7, 11) is -4.17. The molecule has 7 nitrogen and oxygen atoms in total. The minimum absolute atomic E-state index is 0.265. The Kier molecular flexibility index (Phi) is 3.37. The lowest BCUT2D eigenvalue weighted by Crippen LogP contribution is -2.21. The molecule has 0 unspecified atom stereocenters. The largest absolute Gasteiger partial charge is 0.292 e. The van der Waals surface area contributed by atoms with E-state index in [2.05, 4.69) is 0 Å². The van der Waals surface area contributed by atoms with Crippen LogP contribution in [-0.4, -0.2) is 24.2 Å². The average Bonchev–Trinajstić information content (AvgIpc) is 2.27. The van der Waals surface area contributed by atoms with Crippen LogP contribution >= 0.6 is 0 Å².